The molecule has 0 aromatic heterocycles. The molecule has 0 saturated heterocycles. The molecule has 2 rings (SSSR count). The predicted octanol–water partition coefficient (Wildman–Crippen LogP) is 4.59. The molecule has 0 spiro atoms. The zero-order valence-electron chi connectivity index (χ0n) is 10.6. The molecule has 3 heteroatoms. The third-order valence-electron chi connectivity index (χ3n) is 3.24. The van der Waals surface area contributed by atoms with Crippen LogP contribution in [-0.4, -0.2) is 5.91 Å². The fourth-order valence-electron chi connectivity index (χ4n) is 2.21. The number of halogens is 1. The lowest BCUT2D eigenvalue weighted by molar-refractivity contribution is -0.115. The molecule has 18 heavy (non-hydrogen) atoms. The van der Waals surface area contributed by atoms with Crippen molar-refractivity contribution in [3.63, 3.8) is 0 Å². The van der Waals surface area contributed by atoms with Crippen molar-refractivity contribution in [1.29, 1.82) is 0 Å². The molecule has 0 unspecified atom stereocenters. The Labute approximate surface area is 117 Å². The summed E-state index contributed by atoms with van der Waals surface area (Å²) >= 11 is 3.50. The number of aryl methyl sites for hydroxylation is 1. The molecule has 1 aliphatic carbocycles. The Morgan fingerprint density at radius 3 is 2.94 bits per heavy atom. The highest BCUT2D eigenvalue weighted by atomic mass is 79.9. The lowest BCUT2D eigenvalue weighted by atomic mass is 9.97. The van der Waals surface area contributed by atoms with E-state index < -0.39 is 0 Å². The fourth-order valence-corrected chi connectivity index (χ4v) is 2.57. The molecule has 1 aromatic carbocycles. The zero-order valence-corrected chi connectivity index (χ0v) is 12.2. The maximum Gasteiger partial charge on any atom is 0.228 e. The Kier molecular flexibility index (Phi) is 4.59. The number of nitrogens with one attached hydrogen (secondary N) is 1. The van der Waals surface area contributed by atoms with Crippen molar-refractivity contribution in [3.05, 3.63) is 39.9 Å². The van der Waals surface area contributed by atoms with E-state index in [1.54, 1.807) is 0 Å². The largest absolute Gasteiger partial charge is 0.325 e. The second-order valence-electron chi connectivity index (χ2n) is 4.77. The SMILES string of the molecule is Cc1cccc(NC(=O)CC2=CCCCC2)c1Br. The fraction of sp³-hybridized carbons (Fsp3) is 0.400. The van der Waals surface area contributed by atoms with Crippen molar-refractivity contribution in [2.75, 3.05) is 5.32 Å². The summed E-state index contributed by atoms with van der Waals surface area (Å²) < 4.78 is 0.968. The number of hydrogen-bond acceptors (Lipinski definition) is 1. The van der Waals surface area contributed by atoms with Crippen molar-refractivity contribution in [3.8, 4) is 0 Å². The van der Waals surface area contributed by atoms with Crippen LogP contribution < -0.4 is 5.32 Å². The van der Waals surface area contributed by atoms with E-state index in [0.29, 0.717) is 6.42 Å². The number of anilines is 1. The first kappa shape index (κ1) is 13.3. The zero-order chi connectivity index (χ0) is 13.0. The Hall–Kier alpha value is -1.09. The van der Waals surface area contributed by atoms with Crippen LogP contribution in [0, 0.1) is 6.92 Å². The van der Waals surface area contributed by atoms with Gasteiger partial charge in [-0.25, -0.2) is 0 Å². The maximum absolute atomic E-state index is 12.0. The molecule has 0 saturated carbocycles. The summed E-state index contributed by atoms with van der Waals surface area (Å²) in [4.78, 5) is 12.0. The van der Waals surface area contributed by atoms with Gasteiger partial charge in [0.05, 0.1) is 5.69 Å². The van der Waals surface area contributed by atoms with E-state index in [1.165, 1.54) is 18.4 Å². The molecule has 0 aliphatic heterocycles. The standard InChI is InChI=1S/C15H18BrNO/c1-11-6-5-9-13(15(11)16)17-14(18)10-12-7-3-2-4-8-12/h5-7,9H,2-4,8,10H2,1H3,(H,17,18). The van der Waals surface area contributed by atoms with Gasteiger partial charge in [-0.1, -0.05) is 23.8 Å². The number of amides is 1. The summed E-state index contributed by atoms with van der Waals surface area (Å²) in [5.74, 6) is 0.0782. The van der Waals surface area contributed by atoms with Gasteiger partial charge in [0.15, 0.2) is 0 Å². The lowest BCUT2D eigenvalue weighted by Crippen LogP contribution is -2.13. The van der Waals surface area contributed by atoms with Crippen molar-refractivity contribution in [2.45, 2.75) is 39.0 Å². The number of carbonyl (C=O) groups is 1. The van der Waals surface area contributed by atoms with E-state index >= 15 is 0 Å². The maximum atomic E-state index is 12.0. The smallest absolute Gasteiger partial charge is 0.228 e. The van der Waals surface area contributed by atoms with E-state index in [-0.39, 0.29) is 5.91 Å². The van der Waals surface area contributed by atoms with Crippen LogP contribution in [0.1, 0.15) is 37.7 Å². The molecule has 2 nitrogen and oxygen atoms in total. The highest BCUT2D eigenvalue weighted by molar-refractivity contribution is 9.10. The van der Waals surface area contributed by atoms with Crippen LogP contribution in [0.2, 0.25) is 0 Å². The summed E-state index contributed by atoms with van der Waals surface area (Å²) in [5, 5.41) is 2.97. The van der Waals surface area contributed by atoms with Gasteiger partial charge in [-0.3, -0.25) is 4.79 Å². The molecule has 0 heterocycles. The minimum absolute atomic E-state index is 0.0782. The quantitative estimate of drug-likeness (QED) is 0.813. The van der Waals surface area contributed by atoms with Gasteiger partial charge >= 0.3 is 0 Å². The van der Waals surface area contributed by atoms with Crippen LogP contribution in [0.25, 0.3) is 0 Å². The summed E-state index contributed by atoms with van der Waals surface area (Å²) in [7, 11) is 0. The summed E-state index contributed by atoms with van der Waals surface area (Å²) in [5.41, 5.74) is 3.27. The molecule has 1 aliphatic rings. The highest BCUT2D eigenvalue weighted by Gasteiger charge is 2.11. The number of hydrogen-bond donors (Lipinski definition) is 1. The van der Waals surface area contributed by atoms with Gasteiger partial charge in [0.25, 0.3) is 0 Å². The first-order chi connectivity index (χ1) is 8.66. The highest BCUT2D eigenvalue weighted by Crippen LogP contribution is 2.26. The summed E-state index contributed by atoms with van der Waals surface area (Å²) in [6, 6.07) is 5.89. The molecule has 0 atom stereocenters. The third kappa shape index (κ3) is 3.45. The Bertz CT molecular complexity index is 479. The summed E-state index contributed by atoms with van der Waals surface area (Å²) in [6.07, 6.45) is 7.41. The third-order valence-corrected chi connectivity index (χ3v) is 4.29. The van der Waals surface area contributed by atoms with Crippen LogP contribution in [0.5, 0.6) is 0 Å². The Morgan fingerprint density at radius 2 is 2.22 bits per heavy atom. The van der Waals surface area contributed by atoms with Crippen LogP contribution in [-0.2, 0) is 4.79 Å². The van der Waals surface area contributed by atoms with Crippen LogP contribution in [0.3, 0.4) is 0 Å². The van der Waals surface area contributed by atoms with Gasteiger partial charge in [-0.2, -0.15) is 0 Å². The van der Waals surface area contributed by atoms with Gasteiger partial charge in [0, 0.05) is 10.9 Å². The van der Waals surface area contributed by atoms with Crippen LogP contribution >= 0.6 is 15.9 Å². The van der Waals surface area contributed by atoms with Gasteiger partial charge in [-0.15, -0.1) is 0 Å². The molecule has 96 valence electrons. The molecule has 0 bridgehead atoms. The van der Waals surface area contributed by atoms with E-state index in [4.69, 9.17) is 0 Å². The Balaban J connectivity index is 1.98. The normalized spacial score (nSPS) is 15.1. The summed E-state index contributed by atoms with van der Waals surface area (Å²) in [6.45, 7) is 2.02. The minimum atomic E-state index is 0.0782. The monoisotopic (exact) mass is 307 g/mol. The van der Waals surface area contributed by atoms with Crippen molar-refractivity contribution in [2.24, 2.45) is 0 Å². The molecule has 1 aromatic rings. The van der Waals surface area contributed by atoms with Crippen LogP contribution in [0.4, 0.5) is 5.69 Å². The first-order valence-electron chi connectivity index (χ1n) is 6.39. The van der Waals surface area contributed by atoms with Gasteiger partial charge in [0.2, 0.25) is 5.91 Å². The second-order valence-corrected chi connectivity index (χ2v) is 5.56. The Morgan fingerprint density at radius 1 is 1.39 bits per heavy atom. The molecule has 1 amide bonds. The van der Waals surface area contributed by atoms with Gasteiger partial charge in [0.1, 0.15) is 0 Å². The number of allylic oxidation sites excluding steroid dienone is 1. The lowest BCUT2D eigenvalue weighted by Gasteiger charge is -2.13. The molecular formula is C15H18BrNO. The molecular weight excluding hydrogens is 290 g/mol. The number of carbonyl (C=O) groups excluding carboxylic acids is 1. The number of benzene rings is 1. The van der Waals surface area contributed by atoms with E-state index in [1.807, 2.05) is 25.1 Å². The van der Waals surface area contributed by atoms with E-state index in [9.17, 15) is 4.79 Å². The van der Waals surface area contributed by atoms with E-state index in [0.717, 1.165) is 28.6 Å². The first-order valence-corrected chi connectivity index (χ1v) is 7.19. The van der Waals surface area contributed by atoms with Gasteiger partial charge in [-0.05, 0) is 60.2 Å². The van der Waals surface area contributed by atoms with Crippen LogP contribution in [0.15, 0.2) is 34.3 Å². The average molecular weight is 308 g/mol. The topological polar surface area (TPSA) is 29.1 Å². The van der Waals surface area contributed by atoms with Crippen molar-refractivity contribution < 1.29 is 4.79 Å². The van der Waals surface area contributed by atoms with E-state index in [2.05, 4.69) is 27.3 Å². The van der Waals surface area contributed by atoms with Crippen molar-refractivity contribution in [1.82, 2.24) is 0 Å². The number of rotatable bonds is 3. The predicted molar refractivity (Wildman–Crippen MR) is 78.7 cm³/mol. The minimum Gasteiger partial charge on any atom is -0.325 e. The molecule has 0 fully saturated rings. The van der Waals surface area contributed by atoms with Gasteiger partial charge < -0.3 is 5.32 Å². The van der Waals surface area contributed by atoms with Crippen molar-refractivity contribution >= 4 is 27.5 Å². The second kappa shape index (κ2) is 6.19. The molecule has 0 radical (unpaired) electrons. The molecule has 1 N–H and O–H groups in total. The average Bonchev–Trinajstić information content (AvgIpc) is 2.36.